The lowest BCUT2D eigenvalue weighted by Crippen LogP contribution is -2.47. The first-order chi connectivity index (χ1) is 13.5. The third-order valence-corrected chi connectivity index (χ3v) is 7.94. The van der Waals surface area contributed by atoms with Crippen LogP contribution in [0.4, 0.5) is 4.39 Å². The molecule has 4 nitrogen and oxygen atoms in total. The summed E-state index contributed by atoms with van der Waals surface area (Å²) in [5, 5.41) is 21.9. The minimum atomic E-state index is -0.529. The van der Waals surface area contributed by atoms with Gasteiger partial charge in [-0.1, -0.05) is 19.1 Å². The van der Waals surface area contributed by atoms with E-state index in [2.05, 4.69) is 11.9 Å². The third-order valence-electron chi connectivity index (χ3n) is 7.94. The maximum atomic E-state index is 14.7. The highest BCUT2D eigenvalue weighted by atomic mass is 19.1. The van der Waals surface area contributed by atoms with E-state index in [-0.39, 0.29) is 23.4 Å². The Morgan fingerprint density at radius 2 is 2.18 bits per heavy atom. The van der Waals surface area contributed by atoms with Gasteiger partial charge in [-0.3, -0.25) is 0 Å². The number of imidazole rings is 1. The predicted molar refractivity (Wildman–Crippen MR) is 105 cm³/mol. The van der Waals surface area contributed by atoms with Gasteiger partial charge < -0.3 is 14.8 Å². The van der Waals surface area contributed by atoms with Crippen molar-refractivity contribution in [2.75, 3.05) is 0 Å². The summed E-state index contributed by atoms with van der Waals surface area (Å²) in [6.07, 6.45) is 9.07. The van der Waals surface area contributed by atoms with Crippen LogP contribution in [0.3, 0.4) is 0 Å². The predicted octanol–water partition coefficient (Wildman–Crippen LogP) is 4.31. The maximum absolute atomic E-state index is 14.7. The van der Waals surface area contributed by atoms with Crippen molar-refractivity contribution in [3.8, 4) is 11.3 Å². The van der Waals surface area contributed by atoms with E-state index in [9.17, 15) is 14.6 Å². The molecule has 2 aliphatic carbocycles. The highest BCUT2D eigenvalue weighted by Gasteiger charge is 2.49. The summed E-state index contributed by atoms with van der Waals surface area (Å²) in [4.78, 5) is 4.26. The minimum Gasteiger partial charge on any atom is -0.393 e. The van der Waals surface area contributed by atoms with Crippen LogP contribution in [0.25, 0.3) is 11.3 Å². The Morgan fingerprint density at radius 3 is 3.00 bits per heavy atom. The van der Waals surface area contributed by atoms with E-state index in [0.717, 1.165) is 49.8 Å². The van der Waals surface area contributed by atoms with Crippen molar-refractivity contribution in [1.82, 2.24) is 9.55 Å². The normalized spacial score (nSPS) is 34.7. The Morgan fingerprint density at radius 1 is 1.32 bits per heavy atom. The molecule has 2 heterocycles. The zero-order valence-corrected chi connectivity index (χ0v) is 16.4. The van der Waals surface area contributed by atoms with Gasteiger partial charge in [0, 0.05) is 11.1 Å². The van der Waals surface area contributed by atoms with E-state index in [1.165, 1.54) is 6.07 Å². The molecule has 0 saturated heterocycles. The van der Waals surface area contributed by atoms with Gasteiger partial charge in [0.25, 0.3) is 0 Å². The highest BCUT2D eigenvalue weighted by Crippen LogP contribution is 2.54. The number of hydrogen-bond acceptors (Lipinski definition) is 3. The van der Waals surface area contributed by atoms with Crippen LogP contribution in [-0.2, 0) is 0 Å². The topological polar surface area (TPSA) is 58.3 Å². The molecule has 0 amide bonds. The smallest absolute Gasteiger partial charge is 0.129 e. The molecule has 1 aliphatic heterocycles. The fourth-order valence-electron chi connectivity index (χ4n) is 6.42. The van der Waals surface area contributed by atoms with Gasteiger partial charge in [-0.05, 0) is 68.3 Å². The number of nitrogens with zero attached hydrogens (tertiary/aromatic N) is 2. The number of fused-ring (bicyclic) bond motifs is 5. The van der Waals surface area contributed by atoms with Crippen LogP contribution >= 0.6 is 0 Å². The molecule has 3 aliphatic rings. The van der Waals surface area contributed by atoms with E-state index < -0.39 is 6.10 Å². The fourth-order valence-corrected chi connectivity index (χ4v) is 6.42. The molecule has 2 bridgehead atoms. The van der Waals surface area contributed by atoms with Gasteiger partial charge in [0.05, 0.1) is 36.5 Å². The molecule has 6 atom stereocenters. The summed E-state index contributed by atoms with van der Waals surface area (Å²) in [5.74, 6) is 0.673. The van der Waals surface area contributed by atoms with Crippen molar-refractivity contribution in [2.24, 2.45) is 17.3 Å². The molecule has 2 N–H and O–H groups in total. The Hall–Kier alpha value is -1.72. The molecule has 2 aromatic rings. The van der Waals surface area contributed by atoms with E-state index in [1.807, 2.05) is 10.6 Å². The Balaban J connectivity index is 1.46. The lowest BCUT2D eigenvalue weighted by molar-refractivity contribution is -0.0917. The number of hydrogen-bond donors (Lipinski definition) is 2. The molecule has 0 spiro atoms. The second kappa shape index (κ2) is 6.67. The van der Waals surface area contributed by atoms with Crippen molar-refractivity contribution in [3.63, 3.8) is 0 Å². The first kappa shape index (κ1) is 18.3. The van der Waals surface area contributed by atoms with Gasteiger partial charge in [-0.25, -0.2) is 9.37 Å². The van der Waals surface area contributed by atoms with Crippen LogP contribution in [-0.4, -0.2) is 32.0 Å². The fraction of sp³-hybridized carbons (Fsp3) is 0.609. The molecule has 4 unspecified atom stereocenters. The maximum Gasteiger partial charge on any atom is 0.129 e. The average Bonchev–Trinajstić information content (AvgIpc) is 3.28. The molecule has 1 aromatic carbocycles. The Bertz CT molecular complexity index is 881. The molecule has 28 heavy (non-hydrogen) atoms. The first-order valence-corrected chi connectivity index (χ1v) is 10.7. The summed E-state index contributed by atoms with van der Waals surface area (Å²) < 4.78 is 16.8. The number of rotatable bonds is 4. The lowest BCUT2D eigenvalue weighted by atomic mass is 9.56. The molecule has 0 radical (unpaired) electrons. The second-order valence-corrected chi connectivity index (χ2v) is 9.29. The molecular formula is C23H29FN2O2. The summed E-state index contributed by atoms with van der Waals surface area (Å²) in [6, 6.07) is 4.96. The van der Waals surface area contributed by atoms with Crippen molar-refractivity contribution >= 4 is 0 Å². The SMILES string of the molecule is CCC1([C@H](O)C[C@@H]2c3c(F)cccc3-c3cncn32)CC2CCC(O)C(C2)C1. The van der Waals surface area contributed by atoms with Crippen molar-refractivity contribution in [1.29, 1.82) is 0 Å². The van der Waals surface area contributed by atoms with Gasteiger partial charge in [0.15, 0.2) is 0 Å². The van der Waals surface area contributed by atoms with E-state index in [0.29, 0.717) is 23.8 Å². The van der Waals surface area contributed by atoms with E-state index >= 15 is 0 Å². The molecular weight excluding hydrogens is 355 g/mol. The molecule has 2 fully saturated rings. The van der Waals surface area contributed by atoms with Crippen molar-refractivity contribution in [2.45, 2.75) is 70.1 Å². The summed E-state index contributed by atoms with van der Waals surface area (Å²) in [7, 11) is 0. The lowest BCUT2D eigenvalue weighted by Gasteiger charge is -2.51. The number of benzene rings is 1. The monoisotopic (exact) mass is 384 g/mol. The third kappa shape index (κ3) is 2.66. The van der Waals surface area contributed by atoms with Crippen LogP contribution in [0.5, 0.6) is 0 Å². The number of aliphatic hydroxyl groups is 2. The van der Waals surface area contributed by atoms with Crippen LogP contribution in [0.15, 0.2) is 30.7 Å². The highest BCUT2D eigenvalue weighted by molar-refractivity contribution is 5.69. The van der Waals surface area contributed by atoms with Gasteiger partial charge in [-0.15, -0.1) is 0 Å². The minimum absolute atomic E-state index is 0.191. The zero-order chi connectivity index (χ0) is 19.5. The van der Waals surface area contributed by atoms with Gasteiger partial charge >= 0.3 is 0 Å². The molecule has 2 saturated carbocycles. The van der Waals surface area contributed by atoms with Crippen LogP contribution in [0.2, 0.25) is 0 Å². The van der Waals surface area contributed by atoms with Crippen LogP contribution in [0.1, 0.15) is 63.5 Å². The number of aromatic nitrogens is 2. The van der Waals surface area contributed by atoms with Gasteiger partial charge in [0.2, 0.25) is 0 Å². The van der Waals surface area contributed by atoms with Crippen molar-refractivity contribution < 1.29 is 14.6 Å². The number of halogens is 1. The molecule has 5 heteroatoms. The molecule has 1 aromatic heterocycles. The largest absolute Gasteiger partial charge is 0.393 e. The summed E-state index contributed by atoms with van der Waals surface area (Å²) >= 11 is 0. The van der Waals surface area contributed by atoms with Gasteiger partial charge in [-0.2, -0.15) is 0 Å². The standard InChI is InChI=1S/C23H29FN2O2/c1-2-23(10-14-6-7-20(27)15(8-14)11-23)21(28)9-18-22-16(4-3-5-17(22)24)19-12-25-13-26(18)19/h3-5,12-15,18,20-21,27-28H,2,6-11H2,1H3/t14?,15?,18-,20?,21-,23?/m1/s1. The van der Waals surface area contributed by atoms with Crippen molar-refractivity contribution in [3.05, 3.63) is 42.1 Å². The summed E-state index contributed by atoms with van der Waals surface area (Å²) in [6.45, 7) is 2.16. The van der Waals surface area contributed by atoms with Crippen LogP contribution in [0, 0.1) is 23.1 Å². The molecule has 5 rings (SSSR count). The average molecular weight is 384 g/mol. The molecule has 150 valence electrons. The van der Waals surface area contributed by atoms with Crippen LogP contribution < -0.4 is 0 Å². The number of aliphatic hydroxyl groups excluding tert-OH is 2. The second-order valence-electron chi connectivity index (χ2n) is 9.29. The first-order valence-electron chi connectivity index (χ1n) is 10.7. The Labute approximate surface area is 165 Å². The quantitative estimate of drug-likeness (QED) is 0.826. The van der Waals surface area contributed by atoms with E-state index in [1.54, 1.807) is 18.6 Å². The Kier molecular flexibility index (Phi) is 4.36. The van der Waals surface area contributed by atoms with Gasteiger partial charge in [0.1, 0.15) is 5.82 Å². The van der Waals surface area contributed by atoms with E-state index in [4.69, 9.17) is 0 Å². The summed E-state index contributed by atoms with van der Waals surface area (Å²) in [5.41, 5.74) is 2.30. The zero-order valence-electron chi connectivity index (χ0n) is 16.4.